The van der Waals surface area contributed by atoms with Crippen LogP contribution in [0.1, 0.15) is 5.56 Å². The number of benzene rings is 2. The third-order valence-corrected chi connectivity index (χ3v) is 3.62. The fourth-order valence-corrected chi connectivity index (χ4v) is 2.22. The minimum atomic E-state index is -0.764. The minimum Gasteiger partial charge on any atom is -0.495 e. The summed E-state index contributed by atoms with van der Waals surface area (Å²) in [7, 11) is 1.50. The van der Waals surface area contributed by atoms with Gasteiger partial charge in [0.05, 0.1) is 18.5 Å². The van der Waals surface area contributed by atoms with Crippen LogP contribution >= 0.6 is 15.9 Å². The van der Waals surface area contributed by atoms with Crippen molar-refractivity contribution in [3.05, 3.63) is 52.5 Å². The van der Waals surface area contributed by atoms with Gasteiger partial charge in [-0.1, -0.05) is 18.2 Å². The Morgan fingerprint density at radius 1 is 1.00 bits per heavy atom. The van der Waals surface area contributed by atoms with E-state index >= 15 is 0 Å². The number of halogens is 1. The number of ether oxygens (including phenoxy) is 1. The Bertz CT molecular complexity index is 716. The fourth-order valence-electron chi connectivity index (χ4n) is 1.84. The molecule has 2 rings (SSSR count). The van der Waals surface area contributed by atoms with Crippen molar-refractivity contribution in [3.8, 4) is 5.75 Å². The molecule has 0 atom stereocenters. The van der Waals surface area contributed by atoms with E-state index in [4.69, 9.17) is 4.74 Å². The Hall–Kier alpha value is -2.34. The molecule has 0 aliphatic heterocycles. The fraction of sp³-hybridized carbons (Fsp3) is 0.125. The van der Waals surface area contributed by atoms with Gasteiger partial charge in [-0.25, -0.2) is 0 Å². The first-order valence-corrected chi connectivity index (χ1v) is 7.32. The number of hydrogen-bond acceptors (Lipinski definition) is 3. The number of nitrogens with one attached hydrogen (secondary N) is 2. The standard InChI is InChI=1S/C16H15BrN2O3/c1-10-7-8-14(22-2)13(9-10)19-16(21)15(20)18-12-6-4-3-5-11(12)17/h3-9H,1-2H3,(H,18,20)(H,19,21). The molecule has 0 aromatic heterocycles. The van der Waals surface area contributed by atoms with Gasteiger partial charge in [-0.15, -0.1) is 0 Å². The van der Waals surface area contributed by atoms with Crippen molar-refractivity contribution in [1.29, 1.82) is 0 Å². The first kappa shape index (κ1) is 16.0. The highest BCUT2D eigenvalue weighted by Gasteiger charge is 2.17. The summed E-state index contributed by atoms with van der Waals surface area (Å²) in [6.07, 6.45) is 0. The summed E-state index contributed by atoms with van der Waals surface area (Å²) in [5.74, 6) is -1.03. The molecule has 6 heteroatoms. The summed E-state index contributed by atoms with van der Waals surface area (Å²) >= 11 is 3.31. The van der Waals surface area contributed by atoms with Crippen molar-refractivity contribution in [2.75, 3.05) is 17.7 Å². The molecule has 0 bridgehead atoms. The Labute approximate surface area is 136 Å². The molecule has 0 spiro atoms. The molecule has 0 aliphatic rings. The maximum absolute atomic E-state index is 12.0. The molecule has 114 valence electrons. The van der Waals surface area contributed by atoms with Crippen molar-refractivity contribution in [2.24, 2.45) is 0 Å². The van der Waals surface area contributed by atoms with Crippen molar-refractivity contribution >= 4 is 39.1 Å². The highest BCUT2D eigenvalue weighted by molar-refractivity contribution is 9.10. The van der Waals surface area contributed by atoms with Gasteiger partial charge < -0.3 is 15.4 Å². The number of rotatable bonds is 3. The number of carbonyl (C=O) groups excluding carboxylic acids is 2. The second-order valence-electron chi connectivity index (χ2n) is 4.59. The van der Waals surface area contributed by atoms with Crippen LogP contribution in [0.3, 0.4) is 0 Å². The van der Waals surface area contributed by atoms with Crippen LogP contribution in [0.5, 0.6) is 5.75 Å². The van der Waals surface area contributed by atoms with E-state index in [1.54, 1.807) is 30.3 Å². The van der Waals surface area contributed by atoms with Crippen LogP contribution in [0.4, 0.5) is 11.4 Å². The SMILES string of the molecule is COc1ccc(C)cc1NC(=O)C(=O)Nc1ccccc1Br. The maximum atomic E-state index is 12.0. The number of carbonyl (C=O) groups is 2. The lowest BCUT2D eigenvalue weighted by atomic mass is 10.2. The van der Waals surface area contributed by atoms with Gasteiger partial charge in [0.2, 0.25) is 0 Å². The lowest BCUT2D eigenvalue weighted by Gasteiger charge is -2.11. The highest BCUT2D eigenvalue weighted by Crippen LogP contribution is 2.25. The zero-order valence-corrected chi connectivity index (χ0v) is 13.7. The molecule has 5 nitrogen and oxygen atoms in total. The van der Waals surface area contributed by atoms with Gasteiger partial charge >= 0.3 is 11.8 Å². The minimum absolute atomic E-state index is 0.453. The van der Waals surface area contributed by atoms with Gasteiger partial charge in [0.15, 0.2) is 0 Å². The smallest absolute Gasteiger partial charge is 0.314 e. The number of hydrogen-bond donors (Lipinski definition) is 2. The van der Waals surface area contributed by atoms with Gasteiger partial charge in [0.1, 0.15) is 5.75 Å². The molecule has 2 aromatic rings. The zero-order chi connectivity index (χ0) is 16.1. The third kappa shape index (κ3) is 3.85. The van der Waals surface area contributed by atoms with E-state index in [0.717, 1.165) is 5.56 Å². The average molecular weight is 363 g/mol. The maximum Gasteiger partial charge on any atom is 0.314 e. The van der Waals surface area contributed by atoms with Crippen LogP contribution in [0, 0.1) is 6.92 Å². The van der Waals surface area contributed by atoms with Crippen LogP contribution in [-0.4, -0.2) is 18.9 Å². The van der Waals surface area contributed by atoms with E-state index in [-0.39, 0.29) is 0 Å². The van der Waals surface area contributed by atoms with Gasteiger partial charge in [-0.05, 0) is 52.7 Å². The van der Waals surface area contributed by atoms with E-state index in [0.29, 0.717) is 21.6 Å². The summed E-state index contributed by atoms with van der Waals surface area (Å²) in [6.45, 7) is 1.89. The lowest BCUT2D eigenvalue weighted by molar-refractivity contribution is -0.133. The van der Waals surface area contributed by atoms with Crippen molar-refractivity contribution < 1.29 is 14.3 Å². The average Bonchev–Trinajstić information content (AvgIpc) is 2.49. The molecule has 2 amide bonds. The van der Waals surface area contributed by atoms with Gasteiger partial charge in [0.25, 0.3) is 0 Å². The quantitative estimate of drug-likeness (QED) is 0.822. The zero-order valence-electron chi connectivity index (χ0n) is 12.1. The second-order valence-corrected chi connectivity index (χ2v) is 5.45. The molecular formula is C16H15BrN2O3. The van der Waals surface area contributed by atoms with Crippen LogP contribution < -0.4 is 15.4 Å². The molecule has 0 saturated heterocycles. The molecule has 0 heterocycles. The Balaban J connectivity index is 2.11. The van der Waals surface area contributed by atoms with Crippen LogP contribution in [0.25, 0.3) is 0 Å². The molecular weight excluding hydrogens is 348 g/mol. The summed E-state index contributed by atoms with van der Waals surface area (Å²) in [5.41, 5.74) is 1.93. The van der Waals surface area contributed by atoms with Gasteiger partial charge in [-0.2, -0.15) is 0 Å². The predicted molar refractivity (Wildman–Crippen MR) is 89.1 cm³/mol. The van der Waals surface area contributed by atoms with Crippen LogP contribution in [0.15, 0.2) is 46.9 Å². The van der Waals surface area contributed by atoms with Crippen molar-refractivity contribution in [2.45, 2.75) is 6.92 Å². The molecule has 0 unspecified atom stereocenters. The normalized spacial score (nSPS) is 9.95. The third-order valence-electron chi connectivity index (χ3n) is 2.93. The molecule has 0 saturated carbocycles. The Kier molecular flexibility index (Phi) is 5.16. The number of methoxy groups -OCH3 is 1. The lowest BCUT2D eigenvalue weighted by Crippen LogP contribution is -2.29. The van der Waals surface area contributed by atoms with Crippen molar-refractivity contribution in [1.82, 2.24) is 0 Å². The predicted octanol–water partition coefficient (Wildman–Crippen LogP) is 3.34. The number of para-hydroxylation sites is 1. The molecule has 2 aromatic carbocycles. The summed E-state index contributed by atoms with van der Waals surface area (Å²) in [4.78, 5) is 24.0. The van der Waals surface area contributed by atoms with E-state index in [1.807, 2.05) is 19.1 Å². The molecule has 0 radical (unpaired) electrons. The van der Waals surface area contributed by atoms with Gasteiger partial charge in [0, 0.05) is 4.47 Å². The molecule has 0 fully saturated rings. The molecule has 0 aliphatic carbocycles. The van der Waals surface area contributed by atoms with E-state index < -0.39 is 11.8 Å². The number of aryl methyl sites for hydroxylation is 1. The van der Waals surface area contributed by atoms with Gasteiger partial charge in [-0.3, -0.25) is 9.59 Å². The van der Waals surface area contributed by atoms with Crippen LogP contribution in [0.2, 0.25) is 0 Å². The first-order valence-electron chi connectivity index (χ1n) is 6.52. The Morgan fingerprint density at radius 3 is 2.27 bits per heavy atom. The highest BCUT2D eigenvalue weighted by atomic mass is 79.9. The van der Waals surface area contributed by atoms with E-state index in [1.165, 1.54) is 7.11 Å². The Morgan fingerprint density at radius 2 is 1.64 bits per heavy atom. The van der Waals surface area contributed by atoms with E-state index in [9.17, 15) is 9.59 Å². The number of anilines is 2. The first-order chi connectivity index (χ1) is 10.5. The molecule has 2 N–H and O–H groups in total. The second kappa shape index (κ2) is 7.09. The summed E-state index contributed by atoms with van der Waals surface area (Å²) in [5, 5.41) is 5.09. The topological polar surface area (TPSA) is 67.4 Å². The largest absolute Gasteiger partial charge is 0.495 e. The van der Waals surface area contributed by atoms with Crippen molar-refractivity contribution in [3.63, 3.8) is 0 Å². The monoisotopic (exact) mass is 362 g/mol. The van der Waals surface area contributed by atoms with E-state index in [2.05, 4.69) is 26.6 Å². The number of amides is 2. The summed E-state index contributed by atoms with van der Waals surface area (Å²) < 4.78 is 5.86. The summed E-state index contributed by atoms with van der Waals surface area (Å²) in [6, 6.07) is 12.4. The molecule has 22 heavy (non-hydrogen) atoms. The van der Waals surface area contributed by atoms with Crippen LogP contribution in [-0.2, 0) is 9.59 Å².